The SMILES string of the molecule is CCNC(=O)CN(CC)C(=O)CSc1nncn1-c1ccc(C)cc1. The third kappa shape index (κ3) is 5.32. The van der Waals surface area contributed by atoms with Crippen LogP contribution < -0.4 is 5.32 Å². The van der Waals surface area contributed by atoms with E-state index in [0.29, 0.717) is 18.2 Å². The zero-order valence-corrected chi connectivity index (χ0v) is 15.5. The lowest BCUT2D eigenvalue weighted by Crippen LogP contribution is -2.41. The average Bonchev–Trinajstić information content (AvgIpc) is 3.07. The van der Waals surface area contributed by atoms with Crippen molar-refractivity contribution < 1.29 is 9.59 Å². The number of amides is 2. The Morgan fingerprint density at radius 3 is 2.60 bits per heavy atom. The Hall–Kier alpha value is -2.35. The molecular formula is C17H23N5O2S. The van der Waals surface area contributed by atoms with Gasteiger partial charge in [-0.25, -0.2) is 0 Å². The zero-order chi connectivity index (χ0) is 18.2. The fraction of sp³-hybridized carbons (Fsp3) is 0.412. The third-order valence-corrected chi connectivity index (χ3v) is 4.52. The molecule has 0 saturated heterocycles. The number of benzene rings is 1. The fourth-order valence-electron chi connectivity index (χ4n) is 2.23. The Morgan fingerprint density at radius 1 is 1.24 bits per heavy atom. The molecular weight excluding hydrogens is 338 g/mol. The Morgan fingerprint density at radius 2 is 1.96 bits per heavy atom. The van der Waals surface area contributed by atoms with Gasteiger partial charge in [-0.15, -0.1) is 10.2 Å². The number of rotatable bonds is 8. The predicted molar refractivity (Wildman–Crippen MR) is 97.8 cm³/mol. The van der Waals surface area contributed by atoms with Gasteiger partial charge in [0.25, 0.3) is 0 Å². The molecule has 0 fully saturated rings. The molecule has 0 radical (unpaired) electrons. The van der Waals surface area contributed by atoms with Crippen LogP contribution in [0.3, 0.4) is 0 Å². The molecule has 0 aliphatic rings. The summed E-state index contributed by atoms with van der Waals surface area (Å²) in [5.74, 6) is -0.0413. The van der Waals surface area contributed by atoms with Crippen LogP contribution in [0.15, 0.2) is 35.7 Å². The Bertz CT molecular complexity index is 714. The molecule has 8 heteroatoms. The highest BCUT2D eigenvalue weighted by atomic mass is 32.2. The summed E-state index contributed by atoms with van der Waals surface area (Å²) in [5.41, 5.74) is 2.12. The first kappa shape index (κ1) is 19.0. The lowest BCUT2D eigenvalue weighted by atomic mass is 10.2. The smallest absolute Gasteiger partial charge is 0.239 e. The van der Waals surface area contributed by atoms with Crippen molar-refractivity contribution in [3.8, 4) is 5.69 Å². The van der Waals surface area contributed by atoms with Crippen molar-refractivity contribution in [2.24, 2.45) is 0 Å². The summed E-state index contributed by atoms with van der Waals surface area (Å²) >= 11 is 1.31. The highest BCUT2D eigenvalue weighted by molar-refractivity contribution is 7.99. The van der Waals surface area contributed by atoms with Crippen LogP contribution in [-0.4, -0.2) is 56.9 Å². The maximum Gasteiger partial charge on any atom is 0.239 e. The number of nitrogens with zero attached hydrogens (tertiary/aromatic N) is 4. The van der Waals surface area contributed by atoms with E-state index >= 15 is 0 Å². The van der Waals surface area contributed by atoms with E-state index in [1.807, 2.05) is 49.6 Å². The summed E-state index contributed by atoms with van der Waals surface area (Å²) in [7, 11) is 0. The monoisotopic (exact) mass is 361 g/mol. The normalized spacial score (nSPS) is 10.5. The molecule has 25 heavy (non-hydrogen) atoms. The van der Waals surface area contributed by atoms with E-state index in [2.05, 4.69) is 15.5 Å². The van der Waals surface area contributed by atoms with Gasteiger partial charge in [0.2, 0.25) is 11.8 Å². The number of hydrogen-bond acceptors (Lipinski definition) is 5. The molecule has 0 aliphatic carbocycles. The predicted octanol–water partition coefficient (Wildman–Crippen LogP) is 1.65. The second kappa shape index (κ2) is 9.22. The summed E-state index contributed by atoms with van der Waals surface area (Å²) in [5, 5.41) is 11.4. The van der Waals surface area contributed by atoms with E-state index in [-0.39, 0.29) is 24.1 Å². The van der Waals surface area contributed by atoms with Crippen molar-refractivity contribution in [2.45, 2.75) is 25.9 Å². The minimum atomic E-state index is -0.148. The zero-order valence-electron chi connectivity index (χ0n) is 14.7. The van der Waals surface area contributed by atoms with Gasteiger partial charge in [0.1, 0.15) is 6.33 Å². The number of carbonyl (C=O) groups is 2. The summed E-state index contributed by atoms with van der Waals surface area (Å²) < 4.78 is 1.84. The van der Waals surface area contributed by atoms with Crippen LogP contribution >= 0.6 is 11.8 Å². The van der Waals surface area contributed by atoms with Crippen LogP contribution in [-0.2, 0) is 9.59 Å². The Balaban J connectivity index is 1.99. The lowest BCUT2D eigenvalue weighted by molar-refractivity contribution is -0.133. The first-order chi connectivity index (χ1) is 12.0. The van der Waals surface area contributed by atoms with Crippen LogP contribution in [0.5, 0.6) is 0 Å². The summed E-state index contributed by atoms with van der Waals surface area (Å²) in [6.07, 6.45) is 1.63. The van der Waals surface area contributed by atoms with E-state index in [4.69, 9.17) is 0 Å². The minimum absolute atomic E-state index is 0.0778. The number of likely N-dealkylation sites (N-methyl/N-ethyl adjacent to an activating group) is 2. The van der Waals surface area contributed by atoms with Gasteiger partial charge < -0.3 is 10.2 Å². The van der Waals surface area contributed by atoms with Crippen molar-refractivity contribution in [3.05, 3.63) is 36.2 Å². The van der Waals surface area contributed by atoms with E-state index < -0.39 is 0 Å². The van der Waals surface area contributed by atoms with Crippen molar-refractivity contribution >= 4 is 23.6 Å². The molecule has 1 N–H and O–H groups in total. The van der Waals surface area contributed by atoms with Gasteiger partial charge in [0.15, 0.2) is 5.16 Å². The molecule has 7 nitrogen and oxygen atoms in total. The molecule has 134 valence electrons. The molecule has 1 aromatic carbocycles. The molecule has 0 aliphatic heterocycles. The Labute approximate surface area is 151 Å². The number of aryl methyl sites for hydroxylation is 1. The highest BCUT2D eigenvalue weighted by Gasteiger charge is 2.17. The van der Waals surface area contributed by atoms with Gasteiger partial charge in [-0.3, -0.25) is 14.2 Å². The molecule has 0 saturated carbocycles. The van der Waals surface area contributed by atoms with Crippen LogP contribution in [0, 0.1) is 6.92 Å². The third-order valence-electron chi connectivity index (χ3n) is 3.60. The van der Waals surface area contributed by atoms with E-state index in [0.717, 1.165) is 5.69 Å². The minimum Gasteiger partial charge on any atom is -0.355 e. The van der Waals surface area contributed by atoms with Gasteiger partial charge >= 0.3 is 0 Å². The van der Waals surface area contributed by atoms with Crippen molar-refractivity contribution in [1.29, 1.82) is 0 Å². The van der Waals surface area contributed by atoms with Crippen molar-refractivity contribution in [1.82, 2.24) is 25.0 Å². The standard InChI is InChI=1S/C17H23N5O2S/c1-4-18-15(23)10-21(5-2)16(24)11-25-17-20-19-12-22(17)14-8-6-13(3)7-9-14/h6-9,12H,4-5,10-11H2,1-3H3,(H,18,23). The molecule has 2 amide bonds. The number of nitrogens with one attached hydrogen (secondary N) is 1. The largest absolute Gasteiger partial charge is 0.355 e. The average molecular weight is 361 g/mol. The summed E-state index contributed by atoms with van der Waals surface area (Å²) in [4.78, 5) is 25.6. The maximum absolute atomic E-state index is 12.4. The van der Waals surface area contributed by atoms with Crippen molar-refractivity contribution in [3.63, 3.8) is 0 Å². The van der Waals surface area contributed by atoms with Gasteiger partial charge in [-0.1, -0.05) is 29.5 Å². The highest BCUT2D eigenvalue weighted by Crippen LogP contribution is 2.20. The van der Waals surface area contributed by atoms with E-state index in [1.165, 1.54) is 22.2 Å². The lowest BCUT2D eigenvalue weighted by Gasteiger charge is -2.19. The molecule has 2 rings (SSSR count). The van der Waals surface area contributed by atoms with Crippen LogP contribution in [0.2, 0.25) is 0 Å². The number of carbonyl (C=O) groups excluding carboxylic acids is 2. The van der Waals surface area contributed by atoms with Gasteiger partial charge in [-0.2, -0.15) is 0 Å². The second-order valence-corrected chi connectivity index (χ2v) is 6.41. The van der Waals surface area contributed by atoms with Gasteiger partial charge in [0.05, 0.1) is 12.3 Å². The number of hydrogen-bond donors (Lipinski definition) is 1. The maximum atomic E-state index is 12.4. The Kier molecular flexibility index (Phi) is 7.00. The molecule has 2 aromatic rings. The summed E-state index contributed by atoms with van der Waals surface area (Å²) in [6, 6.07) is 8.00. The van der Waals surface area contributed by atoms with E-state index in [1.54, 1.807) is 6.33 Å². The number of thioether (sulfide) groups is 1. The van der Waals surface area contributed by atoms with E-state index in [9.17, 15) is 9.59 Å². The molecule has 0 unspecified atom stereocenters. The first-order valence-electron chi connectivity index (χ1n) is 8.19. The first-order valence-corrected chi connectivity index (χ1v) is 9.18. The molecule has 1 heterocycles. The molecule has 1 aromatic heterocycles. The molecule has 0 bridgehead atoms. The van der Waals surface area contributed by atoms with Crippen LogP contribution in [0.25, 0.3) is 5.69 Å². The quantitative estimate of drug-likeness (QED) is 0.723. The summed E-state index contributed by atoms with van der Waals surface area (Å²) in [6.45, 7) is 6.85. The molecule has 0 atom stereocenters. The molecule has 0 spiro atoms. The van der Waals surface area contributed by atoms with Crippen LogP contribution in [0.1, 0.15) is 19.4 Å². The van der Waals surface area contributed by atoms with Gasteiger partial charge in [-0.05, 0) is 32.9 Å². The van der Waals surface area contributed by atoms with Gasteiger partial charge in [0, 0.05) is 18.8 Å². The van der Waals surface area contributed by atoms with Crippen molar-refractivity contribution in [2.75, 3.05) is 25.4 Å². The second-order valence-electron chi connectivity index (χ2n) is 5.47. The topological polar surface area (TPSA) is 80.1 Å². The number of aromatic nitrogens is 3. The van der Waals surface area contributed by atoms with Crippen LogP contribution in [0.4, 0.5) is 0 Å². The fourth-order valence-corrected chi connectivity index (χ4v) is 3.06.